The van der Waals surface area contributed by atoms with E-state index in [2.05, 4.69) is 5.32 Å². The molecule has 1 aliphatic rings. The molecule has 0 fully saturated rings. The first-order valence-corrected chi connectivity index (χ1v) is 5.81. The van der Waals surface area contributed by atoms with Crippen molar-refractivity contribution in [2.75, 3.05) is 11.4 Å². The average Bonchev–Trinajstić information content (AvgIpc) is 2.53. The van der Waals surface area contributed by atoms with E-state index in [1.807, 2.05) is 13.0 Å². The second kappa shape index (κ2) is 4.37. The molecule has 2 amide bonds. The fourth-order valence-electron chi connectivity index (χ4n) is 2.11. The molecule has 1 N–H and O–H groups in total. The summed E-state index contributed by atoms with van der Waals surface area (Å²) in [5.74, 6) is -0.363. The maximum atomic E-state index is 12.1. The number of hydrogen-bond donors (Lipinski definition) is 1. The molecule has 1 aromatic rings. The molecule has 0 saturated carbocycles. The van der Waals surface area contributed by atoms with Gasteiger partial charge in [0.1, 0.15) is 6.04 Å². The number of fused-ring (bicyclic) bond motifs is 1. The number of carbonyl (C=O) groups excluding carboxylic acids is 2. The highest BCUT2D eigenvalue weighted by Crippen LogP contribution is 2.40. The summed E-state index contributed by atoms with van der Waals surface area (Å²) >= 11 is 6.10. The van der Waals surface area contributed by atoms with Crippen LogP contribution in [0.25, 0.3) is 0 Å². The minimum absolute atomic E-state index is 0.134. The molecule has 1 aliphatic heterocycles. The fourth-order valence-corrected chi connectivity index (χ4v) is 2.39. The van der Waals surface area contributed by atoms with Crippen LogP contribution < -0.4 is 10.2 Å². The van der Waals surface area contributed by atoms with Gasteiger partial charge in [0.05, 0.1) is 10.7 Å². The molecule has 17 heavy (non-hydrogen) atoms. The van der Waals surface area contributed by atoms with Gasteiger partial charge in [0, 0.05) is 19.0 Å². The molecule has 90 valence electrons. The number of nitrogens with zero attached hydrogens (tertiary/aromatic N) is 1. The van der Waals surface area contributed by atoms with Crippen molar-refractivity contribution in [2.45, 2.75) is 19.9 Å². The second-order valence-corrected chi connectivity index (χ2v) is 4.30. The van der Waals surface area contributed by atoms with Gasteiger partial charge in [-0.2, -0.15) is 0 Å². The van der Waals surface area contributed by atoms with Crippen molar-refractivity contribution in [1.29, 1.82) is 0 Å². The minimum Gasteiger partial charge on any atom is -0.341 e. The van der Waals surface area contributed by atoms with Crippen LogP contribution >= 0.6 is 11.6 Å². The summed E-state index contributed by atoms with van der Waals surface area (Å²) in [5.41, 5.74) is 1.47. The largest absolute Gasteiger partial charge is 0.341 e. The highest BCUT2D eigenvalue weighted by molar-refractivity contribution is 6.34. The molecule has 0 bridgehead atoms. The Bertz CT molecular complexity index is 487. The van der Waals surface area contributed by atoms with E-state index in [9.17, 15) is 9.59 Å². The molecule has 0 radical (unpaired) electrons. The molecule has 0 unspecified atom stereocenters. The van der Waals surface area contributed by atoms with Crippen LogP contribution in [0, 0.1) is 0 Å². The average molecular weight is 253 g/mol. The molecular formula is C12H13ClN2O2. The van der Waals surface area contributed by atoms with Crippen LogP contribution in [0.4, 0.5) is 5.69 Å². The molecule has 4 nitrogen and oxygen atoms in total. The number of likely N-dealkylation sites (N-methyl/N-ethyl adjacent to an activating group) is 1. The Morgan fingerprint density at radius 3 is 2.82 bits per heavy atom. The van der Waals surface area contributed by atoms with Crippen molar-refractivity contribution in [3.8, 4) is 0 Å². The van der Waals surface area contributed by atoms with Crippen LogP contribution in [0.1, 0.15) is 25.5 Å². The lowest BCUT2D eigenvalue weighted by molar-refractivity contribution is -0.126. The number of benzene rings is 1. The van der Waals surface area contributed by atoms with Crippen LogP contribution in [-0.2, 0) is 9.59 Å². The summed E-state index contributed by atoms with van der Waals surface area (Å²) in [6, 6.07) is 4.73. The number of halogens is 1. The van der Waals surface area contributed by atoms with Crippen LogP contribution in [-0.4, -0.2) is 18.4 Å². The molecule has 1 atom stereocenters. The summed E-state index contributed by atoms with van der Waals surface area (Å²) in [6.07, 6.45) is 0. The first-order chi connectivity index (χ1) is 8.06. The van der Waals surface area contributed by atoms with E-state index < -0.39 is 6.04 Å². The normalized spacial score (nSPS) is 18.2. The van der Waals surface area contributed by atoms with Crippen LogP contribution in [0.3, 0.4) is 0 Å². The molecule has 0 aliphatic carbocycles. The van der Waals surface area contributed by atoms with E-state index in [0.29, 0.717) is 17.3 Å². The second-order valence-electron chi connectivity index (χ2n) is 3.89. The van der Waals surface area contributed by atoms with Gasteiger partial charge in [0.25, 0.3) is 5.91 Å². The van der Waals surface area contributed by atoms with Crippen molar-refractivity contribution < 1.29 is 9.59 Å². The third-order valence-corrected chi connectivity index (χ3v) is 3.08. The van der Waals surface area contributed by atoms with Gasteiger partial charge in [-0.15, -0.1) is 0 Å². The molecular weight excluding hydrogens is 240 g/mol. The van der Waals surface area contributed by atoms with Gasteiger partial charge >= 0.3 is 0 Å². The lowest BCUT2D eigenvalue weighted by Crippen LogP contribution is -2.36. The Kier molecular flexibility index (Phi) is 3.07. The summed E-state index contributed by atoms with van der Waals surface area (Å²) in [4.78, 5) is 24.8. The Balaban J connectivity index is 2.50. The van der Waals surface area contributed by atoms with Crippen molar-refractivity contribution in [3.63, 3.8) is 0 Å². The number of para-hydroxylation sites is 1. The Labute approximate surface area is 105 Å². The third-order valence-electron chi connectivity index (χ3n) is 2.78. The van der Waals surface area contributed by atoms with Crippen LogP contribution in [0.5, 0.6) is 0 Å². The summed E-state index contributed by atoms with van der Waals surface area (Å²) in [5, 5.41) is 3.18. The standard InChI is InChI=1S/C12H13ClN2O2/c1-3-15-11-8(5-4-6-9(11)13)10(12(15)17)14-7(2)16/h4-6,10H,3H2,1-2H3,(H,14,16)/t10-/m1/s1. The molecule has 0 saturated heterocycles. The summed E-state index contributed by atoms with van der Waals surface area (Å²) in [7, 11) is 0. The highest BCUT2D eigenvalue weighted by atomic mass is 35.5. The number of anilines is 1. The molecule has 0 aromatic heterocycles. The predicted molar refractivity (Wildman–Crippen MR) is 66.0 cm³/mol. The van der Waals surface area contributed by atoms with Gasteiger partial charge in [-0.25, -0.2) is 0 Å². The van der Waals surface area contributed by atoms with Crippen molar-refractivity contribution in [2.24, 2.45) is 0 Å². The number of nitrogens with one attached hydrogen (secondary N) is 1. The van der Waals surface area contributed by atoms with Gasteiger partial charge in [0.15, 0.2) is 0 Å². The lowest BCUT2D eigenvalue weighted by Gasteiger charge is -2.16. The SMILES string of the molecule is CCN1C(=O)[C@H](NC(C)=O)c2cccc(Cl)c21. The first kappa shape index (κ1) is 11.9. The van der Waals surface area contributed by atoms with Crippen molar-refractivity contribution in [1.82, 2.24) is 5.32 Å². The van der Waals surface area contributed by atoms with E-state index in [-0.39, 0.29) is 11.8 Å². The zero-order valence-corrected chi connectivity index (χ0v) is 10.4. The number of amides is 2. The van der Waals surface area contributed by atoms with Gasteiger partial charge in [-0.1, -0.05) is 23.7 Å². The molecule has 1 heterocycles. The molecule has 5 heteroatoms. The summed E-state index contributed by atoms with van der Waals surface area (Å²) in [6.45, 7) is 3.80. The zero-order valence-electron chi connectivity index (χ0n) is 9.66. The van der Waals surface area contributed by atoms with E-state index in [1.54, 1.807) is 17.0 Å². The topological polar surface area (TPSA) is 49.4 Å². The smallest absolute Gasteiger partial charge is 0.254 e. The van der Waals surface area contributed by atoms with Gasteiger partial charge in [0.2, 0.25) is 5.91 Å². The molecule has 2 rings (SSSR count). The Hall–Kier alpha value is -1.55. The minimum atomic E-state index is -0.610. The van der Waals surface area contributed by atoms with E-state index >= 15 is 0 Å². The predicted octanol–water partition coefficient (Wildman–Crippen LogP) is 1.88. The number of rotatable bonds is 2. The third kappa shape index (κ3) is 1.89. The first-order valence-electron chi connectivity index (χ1n) is 5.43. The maximum Gasteiger partial charge on any atom is 0.254 e. The van der Waals surface area contributed by atoms with E-state index in [1.165, 1.54) is 6.92 Å². The van der Waals surface area contributed by atoms with Crippen molar-refractivity contribution >= 4 is 29.1 Å². The van der Waals surface area contributed by atoms with Crippen molar-refractivity contribution in [3.05, 3.63) is 28.8 Å². The quantitative estimate of drug-likeness (QED) is 0.874. The van der Waals surface area contributed by atoms with Gasteiger partial charge in [-0.3, -0.25) is 9.59 Å². The Morgan fingerprint density at radius 1 is 1.53 bits per heavy atom. The van der Waals surface area contributed by atoms with E-state index in [4.69, 9.17) is 11.6 Å². The molecule has 0 spiro atoms. The highest BCUT2D eigenvalue weighted by Gasteiger charge is 2.38. The van der Waals surface area contributed by atoms with E-state index in [0.717, 1.165) is 5.56 Å². The number of carbonyl (C=O) groups is 2. The fraction of sp³-hybridized carbons (Fsp3) is 0.333. The molecule has 1 aromatic carbocycles. The van der Waals surface area contributed by atoms with Crippen LogP contribution in [0.15, 0.2) is 18.2 Å². The lowest BCUT2D eigenvalue weighted by atomic mass is 10.1. The number of hydrogen-bond acceptors (Lipinski definition) is 2. The van der Waals surface area contributed by atoms with Gasteiger partial charge in [-0.05, 0) is 13.0 Å². The maximum absolute atomic E-state index is 12.1. The Morgan fingerprint density at radius 2 is 2.24 bits per heavy atom. The summed E-state index contributed by atoms with van der Waals surface area (Å²) < 4.78 is 0. The van der Waals surface area contributed by atoms with Crippen LogP contribution in [0.2, 0.25) is 5.02 Å². The monoisotopic (exact) mass is 252 g/mol. The van der Waals surface area contributed by atoms with Gasteiger partial charge < -0.3 is 10.2 Å². The zero-order chi connectivity index (χ0) is 12.6.